The molecular formula is C30H43NO2. The van der Waals surface area contributed by atoms with Gasteiger partial charge in [0.2, 0.25) is 0 Å². The van der Waals surface area contributed by atoms with Crippen LogP contribution in [0.3, 0.4) is 0 Å². The van der Waals surface area contributed by atoms with E-state index in [-0.39, 0.29) is 17.2 Å². The molecule has 0 spiro atoms. The summed E-state index contributed by atoms with van der Waals surface area (Å²) in [5, 5.41) is 11.1. The summed E-state index contributed by atoms with van der Waals surface area (Å²) in [6, 6.07) is 19.2. The molecule has 2 aliphatic rings. The highest BCUT2D eigenvalue weighted by molar-refractivity contribution is 5.31. The average Bonchev–Trinajstić information content (AvgIpc) is 2.76. The molecule has 0 aromatic heterocycles. The van der Waals surface area contributed by atoms with Crippen LogP contribution in [0.1, 0.15) is 83.6 Å². The Morgan fingerprint density at radius 1 is 1.03 bits per heavy atom. The lowest BCUT2D eigenvalue weighted by Crippen LogP contribution is -2.64. The van der Waals surface area contributed by atoms with Gasteiger partial charge >= 0.3 is 0 Å². The van der Waals surface area contributed by atoms with Crippen LogP contribution in [0.15, 0.2) is 54.6 Å². The molecule has 2 fully saturated rings. The van der Waals surface area contributed by atoms with E-state index in [1.54, 1.807) is 0 Å². The Bertz CT molecular complexity index is 916. The van der Waals surface area contributed by atoms with Crippen molar-refractivity contribution in [2.24, 2.45) is 17.3 Å². The second-order valence-corrected chi connectivity index (χ2v) is 12.1. The number of benzene rings is 2. The smallest absolute Gasteiger partial charge is 0.115 e. The Balaban J connectivity index is 1.68. The van der Waals surface area contributed by atoms with Crippen molar-refractivity contribution in [3.8, 4) is 0 Å². The number of aliphatic hydroxyl groups is 1. The molecule has 1 saturated carbocycles. The van der Waals surface area contributed by atoms with Gasteiger partial charge in [0.25, 0.3) is 0 Å². The molecule has 2 aromatic carbocycles. The summed E-state index contributed by atoms with van der Waals surface area (Å²) in [7, 11) is 0. The number of hydrogen-bond donors (Lipinski definition) is 1. The van der Waals surface area contributed by atoms with E-state index in [0.717, 1.165) is 30.9 Å². The zero-order valence-corrected chi connectivity index (χ0v) is 21.4. The minimum Gasteiger partial charge on any atom is -0.388 e. The summed E-state index contributed by atoms with van der Waals surface area (Å²) >= 11 is 0. The van der Waals surface area contributed by atoms with E-state index < -0.39 is 6.10 Å². The van der Waals surface area contributed by atoms with E-state index in [0.29, 0.717) is 12.0 Å². The van der Waals surface area contributed by atoms with Crippen LogP contribution in [0.4, 0.5) is 0 Å². The van der Waals surface area contributed by atoms with Gasteiger partial charge in [0.05, 0.1) is 12.2 Å². The summed E-state index contributed by atoms with van der Waals surface area (Å²) in [4.78, 5) is 2.60. The van der Waals surface area contributed by atoms with Gasteiger partial charge in [0.1, 0.15) is 6.23 Å². The van der Waals surface area contributed by atoms with Crippen LogP contribution in [-0.2, 0) is 17.7 Å². The monoisotopic (exact) mass is 449 g/mol. The summed E-state index contributed by atoms with van der Waals surface area (Å²) < 4.78 is 6.95. The van der Waals surface area contributed by atoms with Crippen LogP contribution in [-0.4, -0.2) is 27.9 Å². The third-order valence-electron chi connectivity index (χ3n) is 8.14. The first kappa shape index (κ1) is 24.4. The molecule has 2 aromatic rings. The molecule has 1 aliphatic heterocycles. The van der Waals surface area contributed by atoms with Gasteiger partial charge in [-0.2, -0.15) is 0 Å². The van der Waals surface area contributed by atoms with Crippen molar-refractivity contribution in [3.05, 3.63) is 71.3 Å². The summed E-state index contributed by atoms with van der Waals surface area (Å²) in [5.41, 5.74) is 3.38. The Kier molecular flexibility index (Phi) is 7.05. The van der Waals surface area contributed by atoms with Gasteiger partial charge in [0, 0.05) is 24.4 Å². The van der Waals surface area contributed by atoms with Gasteiger partial charge in [-0.3, -0.25) is 4.90 Å². The van der Waals surface area contributed by atoms with Crippen molar-refractivity contribution in [1.29, 1.82) is 0 Å². The number of aliphatic hydroxyl groups excluding tert-OH is 1. The fourth-order valence-electron chi connectivity index (χ4n) is 6.03. The summed E-state index contributed by atoms with van der Waals surface area (Å²) in [5.74, 6) is 1.27. The molecular weight excluding hydrogens is 406 g/mol. The van der Waals surface area contributed by atoms with Crippen molar-refractivity contribution in [2.75, 3.05) is 0 Å². The number of ether oxygens (including phenoxy) is 1. The standard InChI is InChI=1S/C30H43NO2/c1-21-16-17-25-26(18-21)33-27(31(30(25,5)6)20-22-12-8-7-9-13-22)19-23-14-10-11-15-24(23)28(32)29(2,3)4/h7-15,21,25-28,32H,16-20H2,1-6H3/t21-,25-,26-,27+,28+/m1/s1. The maximum absolute atomic E-state index is 11.1. The highest BCUT2D eigenvalue weighted by Crippen LogP contribution is 2.46. The lowest BCUT2D eigenvalue weighted by atomic mass is 9.69. The van der Waals surface area contributed by atoms with Gasteiger partial charge in [-0.1, -0.05) is 88.7 Å². The van der Waals surface area contributed by atoms with E-state index in [1.807, 2.05) is 6.07 Å². The Morgan fingerprint density at radius 2 is 1.70 bits per heavy atom. The van der Waals surface area contributed by atoms with Crippen molar-refractivity contribution < 1.29 is 9.84 Å². The molecule has 5 atom stereocenters. The molecule has 0 bridgehead atoms. The SMILES string of the molecule is C[C@@H]1CC[C@@H]2[C@@H](C1)O[C@@H](Cc1ccccc1[C@H](O)C(C)(C)C)N(Cc1ccccc1)C2(C)C. The predicted octanol–water partition coefficient (Wildman–Crippen LogP) is 6.75. The van der Waals surface area contributed by atoms with Crippen molar-refractivity contribution in [1.82, 2.24) is 4.90 Å². The average molecular weight is 450 g/mol. The highest BCUT2D eigenvalue weighted by Gasteiger charge is 2.50. The van der Waals surface area contributed by atoms with Crippen LogP contribution in [0.2, 0.25) is 0 Å². The minimum atomic E-state index is -0.504. The molecule has 0 radical (unpaired) electrons. The van der Waals surface area contributed by atoms with Gasteiger partial charge < -0.3 is 9.84 Å². The number of hydrogen-bond acceptors (Lipinski definition) is 3. The predicted molar refractivity (Wildman–Crippen MR) is 136 cm³/mol. The second kappa shape index (κ2) is 9.52. The normalized spacial score (nSPS) is 28.8. The molecule has 1 N–H and O–H groups in total. The zero-order valence-electron chi connectivity index (χ0n) is 21.4. The van der Waals surface area contributed by atoms with Gasteiger partial charge in [-0.15, -0.1) is 0 Å². The molecule has 1 aliphatic carbocycles. The largest absolute Gasteiger partial charge is 0.388 e. The quantitative estimate of drug-likeness (QED) is 0.548. The highest BCUT2D eigenvalue weighted by atomic mass is 16.5. The van der Waals surface area contributed by atoms with Crippen LogP contribution in [0.5, 0.6) is 0 Å². The Labute approximate surface area is 201 Å². The number of nitrogens with zero attached hydrogens (tertiary/aromatic N) is 1. The topological polar surface area (TPSA) is 32.7 Å². The van der Waals surface area contributed by atoms with Crippen LogP contribution in [0.25, 0.3) is 0 Å². The lowest BCUT2D eigenvalue weighted by molar-refractivity contribution is -0.236. The first-order valence-corrected chi connectivity index (χ1v) is 12.8. The number of fused-ring (bicyclic) bond motifs is 1. The molecule has 4 rings (SSSR count). The third kappa shape index (κ3) is 5.21. The fourth-order valence-corrected chi connectivity index (χ4v) is 6.03. The van der Waals surface area contributed by atoms with Crippen molar-refractivity contribution in [2.45, 2.75) is 97.7 Å². The van der Waals surface area contributed by atoms with Crippen LogP contribution >= 0.6 is 0 Å². The Morgan fingerprint density at radius 3 is 2.39 bits per heavy atom. The maximum atomic E-state index is 11.1. The molecule has 0 amide bonds. The van der Waals surface area contributed by atoms with Gasteiger partial charge in [-0.05, 0) is 54.7 Å². The van der Waals surface area contributed by atoms with Crippen molar-refractivity contribution >= 4 is 0 Å². The van der Waals surface area contributed by atoms with Gasteiger partial charge in [0.15, 0.2) is 0 Å². The molecule has 1 heterocycles. The first-order valence-electron chi connectivity index (χ1n) is 12.8. The van der Waals surface area contributed by atoms with E-state index in [2.05, 4.69) is 95.0 Å². The summed E-state index contributed by atoms with van der Waals surface area (Å²) in [6.07, 6.45) is 4.25. The maximum Gasteiger partial charge on any atom is 0.115 e. The first-order chi connectivity index (χ1) is 15.6. The molecule has 3 nitrogen and oxygen atoms in total. The second-order valence-electron chi connectivity index (χ2n) is 12.1. The van der Waals surface area contributed by atoms with Gasteiger partial charge in [-0.25, -0.2) is 0 Å². The van der Waals surface area contributed by atoms with E-state index in [9.17, 15) is 5.11 Å². The molecule has 180 valence electrons. The van der Waals surface area contributed by atoms with E-state index in [1.165, 1.54) is 24.0 Å². The number of rotatable bonds is 5. The fraction of sp³-hybridized carbons (Fsp3) is 0.600. The van der Waals surface area contributed by atoms with Crippen LogP contribution < -0.4 is 0 Å². The molecule has 1 saturated heterocycles. The minimum absolute atomic E-state index is 0.0138. The molecule has 3 heteroatoms. The summed E-state index contributed by atoms with van der Waals surface area (Å²) in [6.45, 7) is 14.4. The van der Waals surface area contributed by atoms with E-state index >= 15 is 0 Å². The third-order valence-corrected chi connectivity index (χ3v) is 8.14. The van der Waals surface area contributed by atoms with E-state index in [4.69, 9.17) is 4.74 Å². The lowest BCUT2D eigenvalue weighted by Gasteiger charge is -2.57. The van der Waals surface area contributed by atoms with Crippen molar-refractivity contribution in [3.63, 3.8) is 0 Å². The van der Waals surface area contributed by atoms with Crippen LogP contribution in [0, 0.1) is 17.3 Å². The molecule has 33 heavy (non-hydrogen) atoms. The molecule has 0 unspecified atom stereocenters. The zero-order chi connectivity index (χ0) is 23.8. The Hall–Kier alpha value is -1.68.